The Kier molecular flexibility index (Phi) is 3.64. The SMILES string of the molecule is Cc1cc(CN2CCC[C@H](Cn3ccnc3)C2)on1. The zero-order chi connectivity index (χ0) is 13.1. The van der Waals surface area contributed by atoms with E-state index in [1.165, 1.54) is 12.8 Å². The molecule has 1 saturated heterocycles. The quantitative estimate of drug-likeness (QED) is 0.844. The van der Waals surface area contributed by atoms with E-state index in [-0.39, 0.29) is 0 Å². The molecule has 1 atom stereocenters. The lowest BCUT2D eigenvalue weighted by molar-refractivity contribution is 0.143. The van der Waals surface area contributed by atoms with Gasteiger partial charge in [0.05, 0.1) is 18.6 Å². The lowest BCUT2D eigenvalue weighted by Crippen LogP contribution is -2.36. The number of imidazole rings is 1. The van der Waals surface area contributed by atoms with Crippen LogP contribution < -0.4 is 0 Å². The number of nitrogens with zero attached hydrogens (tertiary/aromatic N) is 4. The van der Waals surface area contributed by atoms with Crippen LogP contribution in [0.3, 0.4) is 0 Å². The van der Waals surface area contributed by atoms with Gasteiger partial charge in [-0.3, -0.25) is 4.90 Å². The van der Waals surface area contributed by atoms with Crippen molar-refractivity contribution in [3.05, 3.63) is 36.2 Å². The summed E-state index contributed by atoms with van der Waals surface area (Å²) in [5.41, 5.74) is 0.960. The average molecular weight is 260 g/mol. The highest BCUT2D eigenvalue weighted by molar-refractivity contribution is 5.03. The molecule has 1 aliphatic rings. The number of rotatable bonds is 4. The molecule has 0 bridgehead atoms. The van der Waals surface area contributed by atoms with Crippen LogP contribution in [0.1, 0.15) is 24.3 Å². The second-order valence-electron chi connectivity index (χ2n) is 5.44. The second-order valence-corrected chi connectivity index (χ2v) is 5.44. The predicted molar refractivity (Wildman–Crippen MR) is 71.5 cm³/mol. The zero-order valence-electron chi connectivity index (χ0n) is 11.3. The average Bonchev–Trinajstić information content (AvgIpc) is 3.02. The first-order valence-corrected chi connectivity index (χ1v) is 6.90. The summed E-state index contributed by atoms with van der Waals surface area (Å²) in [5.74, 6) is 1.67. The summed E-state index contributed by atoms with van der Waals surface area (Å²) in [7, 11) is 0. The van der Waals surface area contributed by atoms with E-state index in [0.29, 0.717) is 5.92 Å². The molecule has 0 aliphatic carbocycles. The van der Waals surface area contributed by atoms with Gasteiger partial charge in [-0.15, -0.1) is 0 Å². The maximum Gasteiger partial charge on any atom is 0.150 e. The van der Waals surface area contributed by atoms with Crippen molar-refractivity contribution < 1.29 is 4.52 Å². The van der Waals surface area contributed by atoms with Crippen molar-refractivity contribution in [2.75, 3.05) is 13.1 Å². The van der Waals surface area contributed by atoms with Gasteiger partial charge in [-0.2, -0.15) is 0 Å². The van der Waals surface area contributed by atoms with Crippen LogP contribution in [0.15, 0.2) is 29.3 Å². The van der Waals surface area contributed by atoms with Crippen LogP contribution in [0, 0.1) is 12.8 Å². The van der Waals surface area contributed by atoms with Crippen LogP contribution in [0.2, 0.25) is 0 Å². The number of aryl methyl sites for hydroxylation is 1. The van der Waals surface area contributed by atoms with Gasteiger partial charge in [-0.05, 0) is 32.2 Å². The summed E-state index contributed by atoms with van der Waals surface area (Å²) in [6.07, 6.45) is 8.34. The second kappa shape index (κ2) is 5.57. The zero-order valence-corrected chi connectivity index (χ0v) is 11.3. The van der Waals surface area contributed by atoms with Gasteiger partial charge < -0.3 is 9.09 Å². The van der Waals surface area contributed by atoms with Gasteiger partial charge in [0, 0.05) is 31.5 Å². The van der Waals surface area contributed by atoms with Crippen molar-refractivity contribution in [2.45, 2.75) is 32.9 Å². The summed E-state index contributed by atoms with van der Waals surface area (Å²) >= 11 is 0. The molecule has 0 unspecified atom stereocenters. The van der Waals surface area contributed by atoms with E-state index in [9.17, 15) is 0 Å². The summed E-state index contributed by atoms with van der Waals surface area (Å²) in [4.78, 5) is 6.57. The van der Waals surface area contributed by atoms with Crippen molar-refractivity contribution in [2.24, 2.45) is 5.92 Å². The lowest BCUT2D eigenvalue weighted by atomic mass is 9.98. The Morgan fingerprint density at radius 2 is 2.42 bits per heavy atom. The van der Waals surface area contributed by atoms with Crippen LogP contribution in [-0.2, 0) is 13.1 Å². The van der Waals surface area contributed by atoms with Crippen LogP contribution >= 0.6 is 0 Å². The molecule has 19 heavy (non-hydrogen) atoms. The summed E-state index contributed by atoms with van der Waals surface area (Å²) < 4.78 is 7.47. The summed E-state index contributed by atoms with van der Waals surface area (Å²) in [6, 6.07) is 2.03. The molecule has 3 heterocycles. The number of likely N-dealkylation sites (tertiary alicyclic amines) is 1. The van der Waals surface area contributed by atoms with E-state index in [1.807, 2.05) is 31.7 Å². The molecule has 0 N–H and O–H groups in total. The van der Waals surface area contributed by atoms with Gasteiger partial charge in [-0.25, -0.2) is 4.98 Å². The van der Waals surface area contributed by atoms with Crippen LogP contribution in [-0.4, -0.2) is 32.7 Å². The number of hydrogen-bond acceptors (Lipinski definition) is 4. The minimum absolute atomic E-state index is 0.701. The van der Waals surface area contributed by atoms with Crippen LogP contribution in [0.25, 0.3) is 0 Å². The molecule has 0 amide bonds. The van der Waals surface area contributed by atoms with E-state index in [4.69, 9.17) is 4.52 Å². The highest BCUT2D eigenvalue weighted by Crippen LogP contribution is 2.20. The van der Waals surface area contributed by atoms with Crippen molar-refractivity contribution >= 4 is 0 Å². The molecule has 1 fully saturated rings. The maximum absolute atomic E-state index is 5.30. The maximum atomic E-state index is 5.30. The number of piperidine rings is 1. The number of hydrogen-bond donors (Lipinski definition) is 0. The Morgan fingerprint density at radius 3 is 3.16 bits per heavy atom. The Hall–Kier alpha value is -1.62. The molecule has 1 aliphatic heterocycles. The Bertz CT molecular complexity index is 505. The smallest absolute Gasteiger partial charge is 0.150 e. The van der Waals surface area contributed by atoms with E-state index < -0.39 is 0 Å². The van der Waals surface area contributed by atoms with Gasteiger partial charge in [-0.1, -0.05) is 5.16 Å². The first kappa shape index (κ1) is 12.4. The fraction of sp³-hybridized carbons (Fsp3) is 0.571. The number of aromatic nitrogens is 3. The highest BCUT2D eigenvalue weighted by atomic mass is 16.5. The third-order valence-electron chi connectivity index (χ3n) is 3.69. The molecule has 0 saturated carbocycles. The highest BCUT2D eigenvalue weighted by Gasteiger charge is 2.21. The fourth-order valence-electron chi connectivity index (χ4n) is 2.85. The van der Waals surface area contributed by atoms with Crippen molar-refractivity contribution in [1.29, 1.82) is 0 Å². The Labute approximate surface area is 113 Å². The summed E-state index contributed by atoms with van der Waals surface area (Å²) in [6.45, 7) is 6.18. The monoisotopic (exact) mass is 260 g/mol. The third kappa shape index (κ3) is 3.23. The predicted octanol–water partition coefficient (Wildman–Crippen LogP) is 2.09. The standard InChI is InChI=1S/C14H20N4O/c1-12-7-14(19-16-12)10-17-5-2-3-13(8-17)9-18-6-4-15-11-18/h4,6-7,11,13H,2-3,5,8-10H2,1H3/t13-/m0/s1. The fourth-order valence-corrected chi connectivity index (χ4v) is 2.85. The summed E-state index contributed by atoms with van der Waals surface area (Å²) in [5, 5.41) is 3.95. The molecular formula is C14H20N4O. The molecule has 0 aromatic carbocycles. The third-order valence-corrected chi connectivity index (χ3v) is 3.69. The largest absolute Gasteiger partial charge is 0.360 e. The van der Waals surface area contributed by atoms with Gasteiger partial charge in [0.2, 0.25) is 0 Å². The molecule has 0 radical (unpaired) electrons. The van der Waals surface area contributed by atoms with Crippen LogP contribution in [0.5, 0.6) is 0 Å². The van der Waals surface area contributed by atoms with E-state index in [1.54, 1.807) is 0 Å². The van der Waals surface area contributed by atoms with Crippen molar-refractivity contribution in [3.8, 4) is 0 Å². The Balaban J connectivity index is 1.55. The first-order chi connectivity index (χ1) is 9.29. The normalized spacial score (nSPS) is 20.8. The first-order valence-electron chi connectivity index (χ1n) is 6.90. The van der Waals surface area contributed by atoms with E-state index in [0.717, 1.165) is 37.6 Å². The molecular weight excluding hydrogens is 240 g/mol. The molecule has 0 spiro atoms. The van der Waals surface area contributed by atoms with Crippen molar-refractivity contribution in [1.82, 2.24) is 19.6 Å². The molecule has 2 aromatic rings. The van der Waals surface area contributed by atoms with Crippen molar-refractivity contribution in [3.63, 3.8) is 0 Å². The van der Waals surface area contributed by atoms with Gasteiger partial charge in [0.25, 0.3) is 0 Å². The van der Waals surface area contributed by atoms with Gasteiger partial charge >= 0.3 is 0 Å². The molecule has 3 rings (SSSR count). The van der Waals surface area contributed by atoms with E-state index in [2.05, 4.69) is 19.6 Å². The molecule has 102 valence electrons. The lowest BCUT2D eigenvalue weighted by Gasteiger charge is -2.32. The minimum Gasteiger partial charge on any atom is -0.360 e. The van der Waals surface area contributed by atoms with Gasteiger partial charge in [0.15, 0.2) is 5.76 Å². The topological polar surface area (TPSA) is 47.1 Å². The molecule has 5 heteroatoms. The van der Waals surface area contributed by atoms with Crippen LogP contribution in [0.4, 0.5) is 0 Å². The molecule has 2 aromatic heterocycles. The minimum atomic E-state index is 0.701. The van der Waals surface area contributed by atoms with E-state index >= 15 is 0 Å². The Morgan fingerprint density at radius 1 is 1.47 bits per heavy atom. The van der Waals surface area contributed by atoms with Gasteiger partial charge in [0.1, 0.15) is 0 Å². The molecule has 5 nitrogen and oxygen atoms in total.